The second-order valence-electron chi connectivity index (χ2n) is 6.61. The van der Waals surface area contributed by atoms with E-state index in [0.29, 0.717) is 5.96 Å². The van der Waals surface area contributed by atoms with Gasteiger partial charge in [-0.1, -0.05) is 0 Å². The van der Waals surface area contributed by atoms with Crippen molar-refractivity contribution in [2.24, 2.45) is 4.99 Å². The molecule has 124 valence electrons. The minimum Gasteiger partial charge on any atom is -0.355 e. The summed E-state index contributed by atoms with van der Waals surface area (Å²) in [6.45, 7) is 9.22. The van der Waals surface area contributed by atoms with Crippen LogP contribution in [0.1, 0.15) is 34.6 Å². The van der Waals surface area contributed by atoms with Crippen molar-refractivity contribution >= 4 is 21.7 Å². The molecule has 3 N–H and O–H groups in total. The number of carbonyl (C=O) groups excluding carboxylic acids is 1. The summed E-state index contributed by atoms with van der Waals surface area (Å²) < 4.78 is 22.3. The molecule has 0 radical (unpaired) electrons. The van der Waals surface area contributed by atoms with Gasteiger partial charge >= 0.3 is 0 Å². The Labute approximate surface area is 127 Å². The number of sulfone groups is 1. The second kappa shape index (κ2) is 7.11. The van der Waals surface area contributed by atoms with Gasteiger partial charge in [-0.2, -0.15) is 0 Å². The molecular weight excluding hydrogens is 292 g/mol. The molecule has 0 aliphatic rings. The average Bonchev–Trinajstić information content (AvgIpc) is 2.25. The lowest BCUT2D eigenvalue weighted by atomic mass is 10.1. The maximum atomic E-state index is 11.7. The third kappa shape index (κ3) is 7.89. The molecule has 0 unspecified atom stereocenters. The lowest BCUT2D eigenvalue weighted by molar-refractivity contribution is -0.121. The molecule has 0 aromatic carbocycles. The number of nitrogens with one attached hydrogen (secondary N) is 3. The molecule has 7 nitrogen and oxygen atoms in total. The average molecular weight is 320 g/mol. The van der Waals surface area contributed by atoms with Crippen molar-refractivity contribution in [3.8, 4) is 0 Å². The number of aliphatic imine (C=N–C) groups is 1. The molecule has 0 rings (SSSR count). The Morgan fingerprint density at radius 3 is 2.00 bits per heavy atom. The molecule has 0 spiro atoms. The molecule has 0 aliphatic carbocycles. The predicted molar refractivity (Wildman–Crippen MR) is 86.2 cm³/mol. The van der Waals surface area contributed by atoms with Crippen molar-refractivity contribution in [2.75, 3.05) is 26.4 Å². The highest BCUT2D eigenvalue weighted by molar-refractivity contribution is 7.92. The smallest absolute Gasteiger partial charge is 0.239 e. The van der Waals surface area contributed by atoms with Crippen LogP contribution in [0.5, 0.6) is 0 Å². The third-order valence-corrected chi connectivity index (χ3v) is 4.99. The summed E-state index contributed by atoms with van der Waals surface area (Å²) in [6.07, 6.45) is 1.20. The fraction of sp³-hybridized carbons (Fsp3) is 0.846. The lowest BCUT2D eigenvalue weighted by Gasteiger charge is -2.24. The summed E-state index contributed by atoms with van der Waals surface area (Å²) in [5.41, 5.74) is -0.298. The van der Waals surface area contributed by atoms with E-state index in [9.17, 15) is 13.2 Å². The van der Waals surface area contributed by atoms with Crippen LogP contribution in [0.3, 0.4) is 0 Å². The van der Waals surface area contributed by atoms with E-state index < -0.39 is 14.6 Å². The van der Waals surface area contributed by atoms with Gasteiger partial charge in [-0.05, 0) is 34.6 Å². The molecule has 0 aromatic rings. The largest absolute Gasteiger partial charge is 0.355 e. The van der Waals surface area contributed by atoms with Gasteiger partial charge in [0.1, 0.15) is 0 Å². The van der Waals surface area contributed by atoms with Gasteiger partial charge in [-0.25, -0.2) is 8.42 Å². The Bertz CT molecular complexity index is 490. The number of guanidine groups is 1. The van der Waals surface area contributed by atoms with E-state index in [1.165, 1.54) is 6.26 Å². The molecule has 0 heterocycles. The van der Waals surface area contributed by atoms with Gasteiger partial charge in [0.15, 0.2) is 15.8 Å². The molecule has 0 saturated carbocycles. The van der Waals surface area contributed by atoms with Crippen molar-refractivity contribution in [3.05, 3.63) is 0 Å². The van der Waals surface area contributed by atoms with Gasteiger partial charge in [0.2, 0.25) is 5.91 Å². The first-order valence-electron chi connectivity index (χ1n) is 6.73. The fourth-order valence-electron chi connectivity index (χ4n) is 1.27. The molecule has 1 amide bonds. The van der Waals surface area contributed by atoms with Crippen LogP contribution in [-0.4, -0.2) is 57.0 Å². The van der Waals surface area contributed by atoms with Gasteiger partial charge in [0.25, 0.3) is 0 Å². The first-order chi connectivity index (χ1) is 9.28. The summed E-state index contributed by atoms with van der Waals surface area (Å²) >= 11 is 0. The normalized spacial score (nSPS) is 13.8. The SMILES string of the molecule is CN=C(NCC(=O)NC(C)(C)C)NCC(C)(C)S(C)(=O)=O. The number of hydrogen-bond acceptors (Lipinski definition) is 4. The molecule has 0 fully saturated rings. The quantitative estimate of drug-likeness (QED) is 0.485. The number of hydrogen-bond donors (Lipinski definition) is 3. The summed E-state index contributed by atoms with van der Waals surface area (Å²) in [5.74, 6) is 0.226. The Morgan fingerprint density at radius 1 is 1.10 bits per heavy atom. The first kappa shape index (κ1) is 19.7. The molecule has 21 heavy (non-hydrogen) atoms. The number of nitrogens with zero attached hydrogens (tertiary/aromatic N) is 1. The summed E-state index contributed by atoms with van der Waals surface area (Å²) in [5, 5.41) is 8.58. The van der Waals surface area contributed by atoms with Crippen molar-refractivity contribution in [1.82, 2.24) is 16.0 Å². The maximum Gasteiger partial charge on any atom is 0.239 e. The number of rotatable bonds is 5. The number of amides is 1. The minimum absolute atomic E-state index is 0.0657. The zero-order valence-electron chi connectivity index (χ0n) is 14.0. The van der Waals surface area contributed by atoms with Crippen molar-refractivity contribution in [1.29, 1.82) is 0 Å². The highest BCUT2D eigenvalue weighted by Gasteiger charge is 2.30. The van der Waals surface area contributed by atoms with Gasteiger partial charge < -0.3 is 16.0 Å². The fourth-order valence-corrected chi connectivity index (χ4v) is 1.61. The number of carbonyl (C=O) groups is 1. The summed E-state index contributed by atoms with van der Waals surface area (Å²) in [6, 6.07) is 0. The zero-order chi connectivity index (χ0) is 16.9. The minimum atomic E-state index is -3.19. The van der Waals surface area contributed by atoms with Crippen LogP contribution in [0, 0.1) is 0 Å². The van der Waals surface area contributed by atoms with Crippen LogP contribution in [0.2, 0.25) is 0 Å². The molecule has 0 aliphatic heterocycles. The highest BCUT2D eigenvalue weighted by Crippen LogP contribution is 2.13. The standard InChI is InChI=1S/C13H28N4O3S/c1-12(2,3)17-10(18)8-15-11(14-6)16-9-13(4,5)21(7,19)20/h8-9H2,1-7H3,(H,17,18)(H2,14,15,16). The Balaban J connectivity index is 4.42. The Morgan fingerprint density at radius 2 is 1.62 bits per heavy atom. The van der Waals surface area contributed by atoms with Gasteiger partial charge in [0.05, 0.1) is 11.3 Å². The third-order valence-electron chi connectivity index (χ3n) is 2.84. The van der Waals surface area contributed by atoms with E-state index >= 15 is 0 Å². The van der Waals surface area contributed by atoms with E-state index in [2.05, 4.69) is 20.9 Å². The van der Waals surface area contributed by atoms with Crippen LogP contribution in [-0.2, 0) is 14.6 Å². The van der Waals surface area contributed by atoms with E-state index in [-0.39, 0.29) is 24.5 Å². The van der Waals surface area contributed by atoms with Crippen LogP contribution < -0.4 is 16.0 Å². The Hall–Kier alpha value is -1.31. The summed E-state index contributed by atoms with van der Waals surface area (Å²) in [7, 11) is -1.63. The van der Waals surface area contributed by atoms with E-state index in [0.717, 1.165) is 0 Å². The van der Waals surface area contributed by atoms with Crippen molar-refractivity contribution < 1.29 is 13.2 Å². The monoisotopic (exact) mass is 320 g/mol. The summed E-state index contributed by atoms with van der Waals surface area (Å²) in [4.78, 5) is 15.6. The van der Waals surface area contributed by atoms with Crippen LogP contribution >= 0.6 is 0 Å². The van der Waals surface area contributed by atoms with E-state index in [1.54, 1.807) is 20.9 Å². The van der Waals surface area contributed by atoms with Gasteiger partial charge in [-0.3, -0.25) is 9.79 Å². The highest BCUT2D eigenvalue weighted by atomic mass is 32.2. The van der Waals surface area contributed by atoms with Gasteiger partial charge in [0, 0.05) is 25.4 Å². The zero-order valence-corrected chi connectivity index (χ0v) is 14.8. The van der Waals surface area contributed by atoms with Crippen LogP contribution in [0.4, 0.5) is 0 Å². The topological polar surface area (TPSA) is 99.7 Å². The molecule has 0 bridgehead atoms. The van der Waals surface area contributed by atoms with Gasteiger partial charge in [-0.15, -0.1) is 0 Å². The molecule has 0 aromatic heterocycles. The molecule has 0 atom stereocenters. The van der Waals surface area contributed by atoms with Crippen LogP contribution in [0.25, 0.3) is 0 Å². The van der Waals surface area contributed by atoms with E-state index in [4.69, 9.17) is 0 Å². The maximum absolute atomic E-state index is 11.7. The van der Waals surface area contributed by atoms with Crippen molar-refractivity contribution in [2.45, 2.75) is 44.9 Å². The molecular formula is C13H28N4O3S. The second-order valence-corrected chi connectivity index (χ2v) is 9.26. The van der Waals surface area contributed by atoms with E-state index in [1.807, 2.05) is 20.8 Å². The van der Waals surface area contributed by atoms with Crippen LogP contribution in [0.15, 0.2) is 4.99 Å². The Kier molecular flexibility index (Phi) is 6.66. The van der Waals surface area contributed by atoms with Crippen molar-refractivity contribution in [3.63, 3.8) is 0 Å². The predicted octanol–water partition coefficient (Wildman–Crippen LogP) is -0.111. The molecule has 0 saturated heterocycles. The first-order valence-corrected chi connectivity index (χ1v) is 8.63. The lowest BCUT2D eigenvalue weighted by Crippen LogP contribution is -2.51. The molecule has 8 heteroatoms.